The summed E-state index contributed by atoms with van der Waals surface area (Å²) in [5, 5.41) is 13.7. The Hall–Kier alpha value is -0.680. The highest BCUT2D eigenvalue weighted by Gasteiger charge is 2.31. The smallest absolute Gasteiger partial charge is 0.124 e. The van der Waals surface area contributed by atoms with E-state index in [0.717, 1.165) is 43.4 Å². The zero-order valence-electron chi connectivity index (χ0n) is 13.0. The van der Waals surface area contributed by atoms with E-state index < -0.39 is 0 Å². The van der Waals surface area contributed by atoms with E-state index in [1.54, 1.807) is 13.2 Å². The summed E-state index contributed by atoms with van der Waals surface area (Å²) in [5.41, 5.74) is 1.06. The number of phenols is 1. The average molecular weight is 349 g/mol. The molecule has 2 N–H and O–H groups in total. The molecule has 3 rings (SSSR count). The van der Waals surface area contributed by atoms with Gasteiger partial charge in [-0.1, -0.05) is 18.9 Å². The first-order valence-electron chi connectivity index (χ1n) is 7.59. The molecule has 1 saturated heterocycles. The van der Waals surface area contributed by atoms with Crippen molar-refractivity contribution in [1.29, 1.82) is 0 Å². The van der Waals surface area contributed by atoms with Crippen molar-refractivity contribution in [3.8, 4) is 11.5 Å². The van der Waals surface area contributed by atoms with Crippen LogP contribution in [0.4, 0.5) is 0 Å². The SMILES string of the molecule is COc1ccc([C@H](CC2CC2)N2CCNCC2)c(O)c1.Cl.Cl. The molecule has 126 valence electrons. The molecule has 1 heterocycles. The fourth-order valence-corrected chi connectivity index (χ4v) is 3.07. The van der Waals surface area contributed by atoms with Gasteiger partial charge in [0.1, 0.15) is 11.5 Å². The minimum absolute atomic E-state index is 0. The number of ether oxygens (including phenoxy) is 1. The van der Waals surface area contributed by atoms with E-state index in [9.17, 15) is 5.11 Å². The van der Waals surface area contributed by atoms with Gasteiger partial charge in [0.25, 0.3) is 0 Å². The zero-order valence-corrected chi connectivity index (χ0v) is 14.6. The van der Waals surface area contributed by atoms with Crippen molar-refractivity contribution in [3.05, 3.63) is 23.8 Å². The molecule has 0 bridgehead atoms. The minimum atomic E-state index is 0. The Morgan fingerprint density at radius 2 is 1.95 bits per heavy atom. The van der Waals surface area contributed by atoms with Gasteiger partial charge in [-0.3, -0.25) is 4.90 Å². The average Bonchev–Trinajstić information content (AvgIpc) is 3.30. The number of hydrogen-bond donors (Lipinski definition) is 2. The Labute approximate surface area is 145 Å². The summed E-state index contributed by atoms with van der Waals surface area (Å²) in [7, 11) is 1.63. The largest absolute Gasteiger partial charge is 0.507 e. The third-order valence-corrected chi connectivity index (χ3v) is 4.44. The van der Waals surface area contributed by atoms with Crippen LogP contribution in [-0.2, 0) is 0 Å². The molecule has 2 aliphatic rings. The second kappa shape index (κ2) is 8.82. The van der Waals surface area contributed by atoms with Gasteiger partial charge in [-0.15, -0.1) is 24.8 Å². The molecule has 1 atom stereocenters. The summed E-state index contributed by atoms with van der Waals surface area (Å²) >= 11 is 0. The van der Waals surface area contributed by atoms with Crippen molar-refractivity contribution < 1.29 is 9.84 Å². The topological polar surface area (TPSA) is 44.7 Å². The third kappa shape index (κ3) is 4.66. The molecule has 1 aliphatic heterocycles. The number of rotatable bonds is 5. The van der Waals surface area contributed by atoms with Crippen molar-refractivity contribution in [2.45, 2.75) is 25.3 Å². The minimum Gasteiger partial charge on any atom is -0.507 e. The lowest BCUT2D eigenvalue weighted by atomic mass is 9.97. The Morgan fingerprint density at radius 3 is 2.50 bits per heavy atom. The van der Waals surface area contributed by atoms with E-state index in [1.165, 1.54) is 19.3 Å². The standard InChI is InChI=1S/C16H24N2O2.2ClH/c1-20-13-4-5-14(16(19)11-13)15(10-12-2-3-12)18-8-6-17-7-9-18;;/h4-5,11-12,15,17,19H,2-3,6-10H2,1H3;2*1H/t15-;;/m0../s1. The maximum absolute atomic E-state index is 10.3. The van der Waals surface area contributed by atoms with E-state index >= 15 is 0 Å². The van der Waals surface area contributed by atoms with Crippen LogP contribution in [-0.4, -0.2) is 43.3 Å². The highest BCUT2D eigenvalue weighted by Crippen LogP contribution is 2.42. The molecule has 2 fully saturated rings. The molecule has 1 aromatic carbocycles. The Kier molecular flexibility index (Phi) is 7.77. The van der Waals surface area contributed by atoms with Crippen LogP contribution in [0.5, 0.6) is 11.5 Å². The quantitative estimate of drug-likeness (QED) is 0.858. The first kappa shape index (κ1) is 19.4. The van der Waals surface area contributed by atoms with Crippen molar-refractivity contribution in [2.75, 3.05) is 33.3 Å². The number of phenolic OH excluding ortho intramolecular Hbond substituents is 1. The summed E-state index contributed by atoms with van der Waals surface area (Å²) in [6.45, 7) is 4.20. The normalized spacial score (nSPS) is 19.7. The Balaban J connectivity index is 0.00000121. The summed E-state index contributed by atoms with van der Waals surface area (Å²) in [4.78, 5) is 2.51. The van der Waals surface area contributed by atoms with Gasteiger partial charge in [0.05, 0.1) is 7.11 Å². The number of halogens is 2. The molecule has 0 spiro atoms. The Bertz CT molecular complexity index is 463. The predicted octanol–water partition coefficient (Wildman–Crippen LogP) is 2.99. The van der Waals surface area contributed by atoms with Crippen LogP contribution in [0.25, 0.3) is 0 Å². The van der Waals surface area contributed by atoms with E-state index in [0.29, 0.717) is 11.8 Å². The van der Waals surface area contributed by atoms with E-state index in [-0.39, 0.29) is 24.8 Å². The van der Waals surface area contributed by atoms with Gasteiger partial charge in [-0.05, 0) is 18.4 Å². The summed E-state index contributed by atoms with van der Waals surface area (Å²) in [6, 6.07) is 6.06. The van der Waals surface area contributed by atoms with Gasteiger partial charge in [-0.25, -0.2) is 0 Å². The number of benzene rings is 1. The van der Waals surface area contributed by atoms with Gasteiger partial charge in [0, 0.05) is 43.9 Å². The van der Waals surface area contributed by atoms with Gasteiger partial charge < -0.3 is 15.2 Å². The monoisotopic (exact) mass is 348 g/mol. The van der Waals surface area contributed by atoms with Crippen LogP contribution < -0.4 is 10.1 Å². The number of piperazine rings is 1. The molecule has 0 radical (unpaired) electrons. The summed E-state index contributed by atoms with van der Waals surface area (Å²) in [5.74, 6) is 1.93. The van der Waals surface area contributed by atoms with Crippen LogP contribution in [0, 0.1) is 5.92 Å². The maximum atomic E-state index is 10.3. The number of nitrogens with one attached hydrogen (secondary N) is 1. The number of aromatic hydroxyl groups is 1. The lowest BCUT2D eigenvalue weighted by Crippen LogP contribution is -2.45. The Morgan fingerprint density at radius 1 is 1.27 bits per heavy atom. The lowest BCUT2D eigenvalue weighted by Gasteiger charge is -2.35. The zero-order chi connectivity index (χ0) is 13.9. The van der Waals surface area contributed by atoms with Gasteiger partial charge in [0.15, 0.2) is 0 Å². The van der Waals surface area contributed by atoms with Gasteiger partial charge in [0.2, 0.25) is 0 Å². The van der Waals surface area contributed by atoms with Crippen molar-refractivity contribution in [3.63, 3.8) is 0 Å². The molecule has 1 aliphatic carbocycles. The highest BCUT2D eigenvalue weighted by atomic mass is 35.5. The molecular formula is C16H26Cl2N2O2. The molecule has 0 aromatic heterocycles. The van der Waals surface area contributed by atoms with Crippen molar-refractivity contribution in [1.82, 2.24) is 10.2 Å². The molecule has 1 aromatic rings. The second-order valence-electron chi connectivity index (χ2n) is 5.91. The number of methoxy groups -OCH3 is 1. The fourth-order valence-electron chi connectivity index (χ4n) is 3.07. The van der Waals surface area contributed by atoms with E-state index in [4.69, 9.17) is 4.74 Å². The van der Waals surface area contributed by atoms with Crippen LogP contribution in [0.15, 0.2) is 18.2 Å². The van der Waals surface area contributed by atoms with Crippen LogP contribution in [0.2, 0.25) is 0 Å². The number of nitrogens with zero attached hydrogens (tertiary/aromatic N) is 1. The predicted molar refractivity (Wildman–Crippen MR) is 93.7 cm³/mol. The molecule has 22 heavy (non-hydrogen) atoms. The van der Waals surface area contributed by atoms with Crippen LogP contribution in [0.1, 0.15) is 30.9 Å². The molecule has 6 heteroatoms. The third-order valence-electron chi connectivity index (χ3n) is 4.44. The molecule has 1 saturated carbocycles. The van der Waals surface area contributed by atoms with E-state index in [1.807, 2.05) is 12.1 Å². The molecule has 0 unspecified atom stereocenters. The van der Waals surface area contributed by atoms with Gasteiger partial charge >= 0.3 is 0 Å². The summed E-state index contributed by atoms with van der Waals surface area (Å²) < 4.78 is 5.19. The first-order valence-corrected chi connectivity index (χ1v) is 7.59. The lowest BCUT2D eigenvalue weighted by molar-refractivity contribution is 0.158. The number of hydrogen-bond acceptors (Lipinski definition) is 4. The molecular weight excluding hydrogens is 323 g/mol. The van der Waals surface area contributed by atoms with Crippen LogP contribution in [0.3, 0.4) is 0 Å². The fraction of sp³-hybridized carbons (Fsp3) is 0.625. The molecule has 0 amide bonds. The van der Waals surface area contributed by atoms with Crippen LogP contribution >= 0.6 is 24.8 Å². The second-order valence-corrected chi connectivity index (χ2v) is 5.91. The molecule has 4 nitrogen and oxygen atoms in total. The van der Waals surface area contributed by atoms with Crippen molar-refractivity contribution in [2.24, 2.45) is 5.92 Å². The first-order chi connectivity index (χ1) is 9.78. The highest BCUT2D eigenvalue weighted by molar-refractivity contribution is 5.85. The van der Waals surface area contributed by atoms with Crippen molar-refractivity contribution >= 4 is 24.8 Å². The van der Waals surface area contributed by atoms with E-state index in [2.05, 4.69) is 10.2 Å². The summed E-state index contributed by atoms with van der Waals surface area (Å²) in [6.07, 6.45) is 3.86. The maximum Gasteiger partial charge on any atom is 0.124 e. The van der Waals surface area contributed by atoms with Gasteiger partial charge in [-0.2, -0.15) is 0 Å².